The Balaban J connectivity index is 1.31. The van der Waals surface area contributed by atoms with Gasteiger partial charge >= 0.3 is 12.1 Å². The molecule has 0 spiro atoms. The monoisotopic (exact) mass is 810 g/mol. The molecule has 0 bridgehead atoms. The average Bonchev–Trinajstić information content (AvgIpc) is 3.84. The van der Waals surface area contributed by atoms with Crippen LogP contribution in [0.1, 0.15) is 69.0 Å². The number of carboxylic acids is 1. The molecule has 3 aliphatic rings. The van der Waals surface area contributed by atoms with Crippen molar-refractivity contribution in [3.05, 3.63) is 119 Å². The molecule has 3 heterocycles. The van der Waals surface area contributed by atoms with Crippen LogP contribution in [0.25, 0.3) is 0 Å². The van der Waals surface area contributed by atoms with Gasteiger partial charge in [0.25, 0.3) is 0 Å². The van der Waals surface area contributed by atoms with Gasteiger partial charge in [-0.05, 0) is 60.5 Å². The number of nitrogens with zero attached hydrogens (tertiary/aromatic N) is 1. The normalized spacial score (nSPS) is 19.8. The lowest BCUT2D eigenvalue weighted by molar-refractivity contribution is -0.295. The maximum absolute atomic E-state index is 15.3. The Labute approximate surface area is 343 Å². The van der Waals surface area contributed by atoms with Crippen molar-refractivity contribution in [3.63, 3.8) is 0 Å². The van der Waals surface area contributed by atoms with Crippen molar-refractivity contribution < 1.29 is 47.9 Å². The van der Waals surface area contributed by atoms with E-state index in [0.717, 1.165) is 16.8 Å². The second kappa shape index (κ2) is 16.6. The Hall–Kier alpha value is -5.24. The number of rotatable bonds is 13. The highest BCUT2D eigenvalue weighted by atomic mass is 32.2. The predicted octanol–water partition coefficient (Wildman–Crippen LogP) is 8.50. The molecule has 0 radical (unpaired) electrons. The summed E-state index contributed by atoms with van der Waals surface area (Å²) in [6, 6.07) is 28.4. The van der Waals surface area contributed by atoms with E-state index in [4.69, 9.17) is 28.4 Å². The molecule has 4 atom stereocenters. The molecule has 306 valence electrons. The van der Waals surface area contributed by atoms with Crippen LogP contribution < -0.4 is 19.5 Å². The number of hydrogen-bond acceptors (Lipinski definition) is 11. The second-order valence-corrected chi connectivity index (χ2v) is 17.9. The number of aliphatic carboxylic acids is 1. The van der Waals surface area contributed by atoms with E-state index in [-0.39, 0.29) is 24.6 Å². The molecular weight excluding hydrogens is 761 g/mol. The summed E-state index contributed by atoms with van der Waals surface area (Å²) in [4.78, 5) is 42.3. The summed E-state index contributed by atoms with van der Waals surface area (Å²) in [5, 5.41) is 12.6. The van der Waals surface area contributed by atoms with Crippen LogP contribution in [0.2, 0.25) is 0 Å². The smallest absolute Gasteiger partial charge is 0.417 e. The minimum Gasteiger partial charge on any atom is -0.478 e. The first-order chi connectivity index (χ1) is 27.6. The Kier molecular flexibility index (Phi) is 11.7. The highest BCUT2D eigenvalue weighted by Gasteiger charge is 2.48. The SMILES string of the molecule is Cc1ccc(N[C@H](c2ccc(OC(C(=O)O)C(C)(C)C)cc2)[C@@H](SCC2(c3ccc4c(c3)OCO4)OCC(C)(C)CO2)C(=O)N2C(=O)OC[C@@H]2c2ccccc2)cc1. The molecule has 1 unspecified atom stereocenters. The number of fused-ring (bicyclic) bond motifs is 1. The number of amides is 2. The Morgan fingerprint density at radius 1 is 0.914 bits per heavy atom. The first kappa shape index (κ1) is 40.9. The molecule has 3 aliphatic heterocycles. The molecule has 13 heteroatoms. The van der Waals surface area contributed by atoms with Crippen molar-refractivity contribution in [3.8, 4) is 17.2 Å². The van der Waals surface area contributed by atoms with Crippen LogP contribution >= 0.6 is 11.8 Å². The number of aryl methyl sites for hydroxylation is 1. The van der Waals surface area contributed by atoms with Crippen molar-refractivity contribution in [2.75, 3.05) is 37.7 Å². The molecule has 2 saturated heterocycles. The third kappa shape index (κ3) is 8.91. The largest absolute Gasteiger partial charge is 0.478 e. The van der Waals surface area contributed by atoms with E-state index in [1.807, 2.05) is 91.9 Å². The van der Waals surface area contributed by atoms with Gasteiger partial charge in [-0.25, -0.2) is 14.5 Å². The van der Waals surface area contributed by atoms with Gasteiger partial charge in [-0.15, -0.1) is 11.8 Å². The fourth-order valence-corrected chi connectivity index (χ4v) is 8.46. The van der Waals surface area contributed by atoms with Gasteiger partial charge in [-0.2, -0.15) is 0 Å². The zero-order chi connectivity index (χ0) is 41.2. The van der Waals surface area contributed by atoms with E-state index in [9.17, 15) is 14.7 Å². The number of anilines is 1. The predicted molar refractivity (Wildman–Crippen MR) is 219 cm³/mol. The fourth-order valence-electron chi connectivity index (χ4n) is 7.06. The number of hydrogen-bond donors (Lipinski definition) is 2. The number of carbonyl (C=O) groups excluding carboxylic acids is 2. The van der Waals surface area contributed by atoms with Crippen molar-refractivity contribution in [1.29, 1.82) is 0 Å². The van der Waals surface area contributed by atoms with Crippen molar-refractivity contribution in [2.24, 2.45) is 10.8 Å². The highest BCUT2D eigenvalue weighted by Crippen LogP contribution is 2.46. The van der Waals surface area contributed by atoms with E-state index in [1.165, 1.54) is 16.7 Å². The summed E-state index contributed by atoms with van der Waals surface area (Å²) < 4.78 is 36.2. The van der Waals surface area contributed by atoms with Gasteiger partial charge in [0.05, 0.1) is 25.0 Å². The summed E-state index contributed by atoms with van der Waals surface area (Å²) in [6.45, 7) is 12.4. The summed E-state index contributed by atoms with van der Waals surface area (Å²) in [5.74, 6) is -1.16. The number of imide groups is 1. The average molecular weight is 811 g/mol. The minimum atomic E-state index is -1.30. The van der Waals surface area contributed by atoms with Crippen molar-refractivity contribution in [1.82, 2.24) is 4.90 Å². The molecule has 4 aromatic rings. The number of carboxylic acid groups (broad SMARTS) is 1. The van der Waals surface area contributed by atoms with Gasteiger partial charge in [0.1, 0.15) is 23.6 Å². The topological polar surface area (TPSA) is 142 Å². The third-order valence-corrected chi connectivity index (χ3v) is 11.8. The standard InChI is InChI=1S/C45H50N2O10S/c1-28-12-17-32(18-13-28)46-37(30-14-19-33(20-15-30)57-39(41(49)50)43(2,3)4)38(40(48)47-34(23-52-42(47)51)29-10-8-7-9-11-29)58-26-45(55-24-44(5,6)25-56-45)31-16-21-35-36(22-31)54-27-53-35/h7-22,34,37-39,46H,23-27H2,1-6H3,(H,49,50)/t34-,37-,38-,39?/m1/s1. The molecule has 2 N–H and O–H groups in total. The Bertz CT molecular complexity index is 2090. The van der Waals surface area contributed by atoms with Crippen LogP contribution in [0.15, 0.2) is 97.1 Å². The first-order valence-electron chi connectivity index (χ1n) is 19.3. The number of carbonyl (C=O) groups is 3. The van der Waals surface area contributed by atoms with Crippen LogP contribution in [0.5, 0.6) is 17.2 Å². The van der Waals surface area contributed by atoms with E-state index in [2.05, 4.69) is 19.2 Å². The summed E-state index contributed by atoms with van der Waals surface area (Å²) in [5.41, 5.74) is 3.00. The molecule has 2 fully saturated rings. The van der Waals surface area contributed by atoms with E-state index in [1.54, 1.807) is 32.9 Å². The van der Waals surface area contributed by atoms with Gasteiger partial charge in [-0.1, -0.05) is 94.8 Å². The van der Waals surface area contributed by atoms with Crippen LogP contribution in [0.3, 0.4) is 0 Å². The van der Waals surface area contributed by atoms with Gasteiger partial charge in [0, 0.05) is 22.1 Å². The van der Waals surface area contributed by atoms with Gasteiger partial charge in [-0.3, -0.25) is 4.79 Å². The highest BCUT2D eigenvalue weighted by molar-refractivity contribution is 8.00. The zero-order valence-corrected chi connectivity index (χ0v) is 34.4. The number of cyclic esters (lactones) is 1. The summed E-state index contributed by atoms with van der Waals surface area (Å²) in [6.07, 6.45) is -1.84. The van der Waals surface area contributed by atoms with Crippen molar-refractivity contribution >= 4 is 35.4 Å². The van der Waals surface area contributed by atoms with Crippen LogP contribution in [0.4, 0.5) is 10.5 Å². The van der Waals surface area contributed by atoms with Crippen molar-refractivity contribution in [2.45, 2.75) is 70.8 Å². The Morgan fingerprint density at radius 3 is 2.24 bits per heavy atom. The van der Waals surface area contributed by atoms with E-state index < -0.39 is 52.6 Å². The molecule has 58 heavy (non-hydrogen) atoms. The summed E-state index contributed by atoms with van der Waals surface area (Å²) in [7, 11) is 0. The van der Waals surface area contributed by atoms with Crippen LogP contribution in [-0.2, 0) is 29.6 Å². The molecule has 7 rings (SSSR count). The molecular formula is C45H50N2O10S. The van der Waals surface area contributed by atoms with Gasteiger partial charge in [0.2, 0.25) is 18.5 Å². The maximum atomic E-state index is 15.3. The van der Waals surface area contributed by atoms with E-state index >= 15 is 4.79 Å². The van der Waals surface area contributed by atoms with Crippen LogP contribution in [-0.4, -0.2) is 71.7 Å². The maximum Gasteiger partial charge on any atom is 0.417 e. The molecule has 4 aromatic carbocycles. The molecule has 0 aromatic heterocycles. The number of nitrogens with one attached hydrogen (secondary N) is 1. The molecule has 2 amide bonds. The lowest BCUT2D eigenvalue weighted by Crippen LogP contribution is -2.49. The fraction of sp³-hybridized carbons (Fsp3) is 0.400. The lowest BCUT2D eigenvalue weighted by atomic mass is 9.89. The number of thioether (sulfide) groups is 1. The third-order valence-electron chi connectivity index (χ3n) is 10.4. The van der Waals surface area contributed by atoms with E-state index in [0.29, 0.717) is 41.6 Å². The number of benzene rings is 4. The van der Waals surface area contributed by atoms with Gasteiger partial charge in [0.15, 0.2) is 17.6 Å². The minimum absolute atomic E-state index is 0.00895. The lowest BCUT2D eigenvalue weighted by Gasteiger charge is -2.44. The second-order valence-electron chi connectivity index (χ2n) is 16.8. The Morgan fingerprint density at radius 2 is 1.59 bits per heavy atom. The van der Waals surface area contributed by atoms with Crippen LogP contribution in [0, 0.1) is 17.8 Å². The summed E-state index contributed by atoms with van der Waals surface area (Å²) >= 11 is 1.30. The molecule has 12 nitrogen and oxygen atoms in total. The first-order valence-corrected chi connectivity index (χ1v) is 20.3. The quantitative estimate of drug-likeness (QED) is 0.134. The zero-order valence-electron chi connectivity index (χ0n) is 33.6. The molecule has 0 aliphatic carbocycles. The number of ether oxygens (including phenoxy) is 6. The van der Waals surface area contributed by atoms with Gasteiger partial charge < -0.3 is 38.8 Å². The molecule has 0 saturated carbocycles.